The quantitative estimate of drug-likeness (QED) is 0.480. The average molecular weight is 212 g/mol. The number of carbonyl (C=O) groups excluding carboxylic acids is 2. The van der Waals surface area contributed by atoms with Gasteiger partial charge in [-0.05, 0) is 38.0 Å². The molecule has 1 aliphatic carbocycles. The standard InChI is InChI=1S/C12H20O3/c1-3-15-11(14)8-12(6-7-12)5-4-10(2)9-13/h9-10H,3-8H2,1-2H3. The highest BCUT2D eigenvalue weighted by atomic mass is 16.5. The maximum atomic E-state index is 11.3. The van der Waals surface area contributed by atoms with Gasteiger partial charge in [0.05, 0.1) is 13.0 Å². The van der Waals surface area contributed by atoms with E-state index in [2.05, 4.69) is 0 Å². The van der Waals surface area contributed by atoms with Crippen LogP contribution in [0.3, 0.4) is 0 Å². The zero-order chi connectivity index (χ0) is 11.3. The highest BCUT2D eigenvalue weighted by Crippen LogP contribution is 2.53. The summed E-state index contributed by atoms with van der Waals surface area (Å²) < 4.78 is 4.94. The molecule has 0 aromatic carbocycles. The first-order valence-corrected chi connectivity index (χ1v) is 5.73. The molecule has 0 bridgehead atoms. The van der Waals surface area contributed by atoms with Gasteiger partial charge in [0, 0.05) is 5.92 Å². The van der Waals surface area contributed by atoms with Gasteiger partial charge in [-0.3, -0.25) is 4.79 Å². The van der Waals surface area contributed by atoms with Gasteiger partial charge in [-0.1, -0.05) is 6.92 Å². The molecular weight excluding hydrogens is 192 g/mol. The molecule has 0 N–H and O–H groups in total. The van der Waals surface area contributed by atoms with Crippen molar-refractivity contribution in [1.29, 1.82) is 0 Å². The fourth-order valence-electron chi connectivity index (χ4n) is 1.81. The highest BCUT2D eigenvalue weighted by Gasteiger charge is 2.44. The van der Waals surface area contributed by atoms with Crippen LogP contribution in [0.15, 0.2) is 0 Å². The first-order chi connectivity index (χ1) is 7.12. The Bertz CT molecular complexity index is 231. The summed E-state index contributed by atoms with van der Waals surface area (Å²) in [6.07, 6.45) is 5.61. The van der Waals surface area contributed by atoms with Crippen LogP contribution in [0.1, 0.15) is 46.0 Å². The maximum absolute atomic E-state index is 11.3. The van der Waals surface area contributed by atoms with Gasteiger partial charge in [0.2, 0.25) is 0 Å². The second-order valence-corrected chi connectivity index (χ2v) is 4.63. The van der Waals surface area contributed by atoms with Crippen molar-refractivity contribution in [2.75, 3.05) is 6.61 Å². The van der Waals surface area contributed by atoms with E-state index in [-0.39, 0.29) is 17.3 Å². The summed E-state index contributed by atoms with van der Waals surface area (Å²) in [4.78, 5) is 21.8. The molecule has 0 amide bonds. The van der Waals surface area contributed by atoms with Gasteiger partial charge in [-0.25, -0.2) is 0 Å². The number of rotatable bonds is 7. The summed E-state index contributed by atoms with van der Waals surface area (Å²) >= 11 is 0. The SMILES string of the molecule is CCOC(=O)CC1(CCC(C)C=O)CC1. The van der Waals surface area contributed by atoms with Crippen LogP contribution < -0.4 is 0 Å². The van der Waals surface area contributed by atoms with E-state index in [9.17, 15) is 9.59 Å². The molecule has 0 aliphatic heterocycles. The number of hydrogen-bond donors (Lipinski definition) is 0. The Morgan fingerprint density at radius 3 is 2.67 bits per heavy atom. The van der Waals surface area contributed by atoms with Crippen LogP contribution in [0.5, 0.6) is 0 Å². The van der Waals surface area contributed by atoms with Crippen LogP contribution in [0.25, 0.3) is 0 Å². The molecule has 0 heterocycles. The average Bonchev–Trinajstić information content (AvgIpc) is 2.95. The first-order valence-electron chi connectivity index (χ1n) is 5.73. The minimum atomic E-state index is -0.0891. The maximum Gasteiger partial charge on any atom is 0.306 e. The van der Waals surface area contributed by atoms with E-state index in [0.29, 0.717) is 13.0 Å². The number of ether oxygens (including phenoxy) is 1. The van der Waals surface area contributed by atoms with Gasteiger partial charge in [0.15, 0.2) is 0 Å². The smallest absolute Gasteiger partial charge is 0.306 e. The van der Waals surface area contributed by atoms with Gasteiger partial charge < -0.3 is 9.53 Å². The summed E-state index contributed by atoms with van der Waals surface area (Å²) in [5, 5.41) is 0. The van der Waals surface area contributed by atoms with Crippen molar-refractivity contribution in [3.63, 3.8) is 0 Å². The van der Waals surface area contributed by atoms with E-state index in [1.807, 2.05) is 13.8 Å². The number of esters is 1. The Hall–Kier alpha value is -0.860. The van der Waals surface area contributed by atoms with Crippen LogP contribution in [-0.2, 0) is 14.3 Å². The Morgan fingerprint density at radius 1 is 1.53 bits per heavy atom. The zero-order valence-corrected chi connectivity index (χ0v) is 9.62. The van der Waals surface area contributed by atoms with E-state index in [4.69, 9.17) is 4.74 Å². The summed E-state index contributed by atoms with van der Waals surface area (Å²) in [5.41, 5.74) is 0.170. The van der Waals surface area contributed by atoms with E-state index >= 15 is 0 Å². The minimum Gasteiger partial charge on any atom is -0.466 e. The molecule has 86 valence electrons. The molecule has 1 unspecified atom stereocenters. The molecule has 3 nitrogen and oxygen atoms in total. The van der Waals surface area contributed by atoms with Crippen molar-refractivity contribution in [2.24, 2.45) is 11.3 Å². The first kappa shape index (κ1) is 12.2. The van der Waals surface area contributed by atoms with Crippen LogP contribution in [0.2, 0.25) is 0 Å². The lowest BCUT2D eigenvalue weighted by molar-refractivity contribution is -0.144. The molecule has 0 aromatic rings. The van der Waals surface area contributed by atoms with Crippen molar-refractivity contribution in [1.82, 2.24) is 0 Å². The lowest BCUT2D eigenvalue weighted by Gasteiger charge is -2.14. The highest BCUT2D eigenvalue weighted by molar-refractivity contribution is 5.70. The van der Waals surface area contributed by atoms with E-state index < -0.39 is 0 Å². The number of hydrogen-bond acceptors (Lipinski definition) is 3. The van der Waals surface area contributed by atoms with Crippen LogP contribution in [-0.4, -0.2) is 18.9 Å². The van der Waals surface area contributed by atoms with Gasteiger partial charge in [0.1, 0.15) is 6.29 Å². The van der Waals surface area contributed by atoms with Gasteiger partial charge >= 0.3 is 5.97 Å². The third kappa shape index (κ3) is 4.02. The van der Waals surface area contributed by atoms with Crippen molar-refractivity contribution in [3.8, 4) is 0 Å². The van der Waals surface area contributed by atoms with Crippen molar-refractivity contribution in [2.45, 2.75) is 46.0 Å². The molecule has 0 saturated heterocycles. The van der Waals surface area contributed by atoms with Crippen LogP contribution >= 0.6 is 0 Å². The fourth-order valence-corrected chi connectivity index (χ4v) is 1.81. The molecule has 1 atom stereocenters. The molecule has 1 rings (SSSR count). The molecule has 3 heteroatoms. The molecule has 0 aromatic heterocycles. The summed E-state index contributed by atoms with van der Waals surface area (Å²) in [7, 11) is 0. The van der Waals surface area contributed by atoms with Gasteiger partial charge in [0.25, 0.3) is 0 Å². The van der Waals surface area contributed by atoms with Crippen molar-refractivity contribution in [3.05, 3.63) is 0 Å². The van der Waals surface area contributed by atoms with Crippen molar-refractivity contribution < 1.29 is 14.3 Å². The lowest BCUT2D eigenvalue weighted by atomic mass is 9.92. The van der Waals surface area contributed by atoms with Gasteiger partial charge in [-0.2, -0.15) is 0 Å². The van der Waals surface area contributed by atoms with Crippen molar-refractivity contribution >= 4 is 12.3 Å². The fraction of sp³-hybridized carbons (Fsp3) is 0.833. The van der Waals surface area contributed by atoms with E-state index in [0.717, 1.165) is 32.0 Å². The topological polar surface area (TPSA) is 43.4 Å². The second kappa shape index (κ2) is 5.29. The molecule has 1 fully saturated rings. The number of aldehydes is 1. The summed E-state index contributed by atoms with van der Waals surface area (Å²) in [5.74, 6) is 0.0263. The van der Waals surface area contributed by atoms with Crippen LogP contribution in [0.4, 0.5) is 0 Å². The van der Waals surface area contributed by atoms with E-state index in [1.54, 1.807) is 0 Å². The Balaban J connectivity index is 2.27. The summed E-state index contributed by atoms with van der Waals surface area (Å²) in [6, 6.07) is 0. The predicted octanol–water partition coefficient (Wildman–Crippen LogP) is 2.33. The lowest BCUT2D eigenvalue weighted by Crippen LogP contribution is -2.13. The molecule has 15 heavy (non-hydrogen) atoms. The monoisotopic (exact) mass is 212 g/mol. The predicted molar refractivity (Wildman–Crippen MR) is 57.4 cm³/mol. The Morgan fingerprint density at radius 2 is 2.20 bits per heavy atom. The van der Waals surface area contributed by atoms with Crippen LogP contribution in [0, 0.1) is 11.3 Å². The largest absolute Gasteiger partial charge is 0.466 e. The summed E-state index contributed by atoms with van der Waals surface area (Å²) in [6.45, 7) is 4.21. The minimum absolute atomic E-state index is 0.0891. The molecule has 0 spiro atoms. The Kier molecular flexibility index (Phi) is 4.30. The van der Waals surface area contributed by atoms with E-state index in [1.165, 1.54) is 0 Å². The molecule has 0 radical (unpaired) electrons. The third-order valence-electron chi connectivity index (χ3n) is 3.14. The Labute approximate surface area is 91.2 Å². The number of carbonyl (C=O) groups is 2. The third-order valence-corrected chi connectivity index (χ3v) is 3.14. The normalized spacial score (nSPS) is 19.3. The molecule has 1 aliphatic rings. The molecule has 1 saturated carbocycles. The molecular formula is C12H20O3. The zero-order valence-electron chi connectivity index (χ0n) is 9.62. The second-order valence-electron chi connectivity index (χ2n) is 4.63. The van der Waals surface area contributed by atoms with Gasteiger partial charge in [-0.15, -0.1) is 0 Å².